The molecule has 1 amide bonds. The van der Waals surface area contributed by atoms with Gasteiger partial charge in [-0.3, -0.25) is 9.36 Å². The van der Waals surface area contributed by atoms with Crippen LogP contribution in [0.25, 0.3) is 5.69 Å². The summed E-state index contributed by atoms with van der Waals surface area (Å²) in [5.74, 6) is 0.567. The van der Waals surface area contributed by atoms with E-state index in [1.807, 2.05) is 41.8 Å². The maximum Gasteiger partial charge on any atom is 0.343 e. The molecule has 0 spiro atoms. The van der Waals surface area contributed by atoms with Crippen molar-refractivity contribution in [3.63, 3.8) is 0 Å². The van der Waals surface area contributed by atoms with E-state index < -0.39 is 5.97 Å². The fraction of sp³-hybridized carbons (Fsp3) is 0.115. The monoisotopic (exact) mass is 535 g/mol. The van der Waals surface area contributed by atoms with Crippen LogP contribution in [-0.4, -0.2) is 45.7 Å². The number of ether oxygens (including phenoxy) is 2. The molecule has 4 aromatic rings. The molecule has 1 aromatic heterocycles. The van der Waals surface area contributed by atoms with E-state index in [0.717, 1.165) is 11.5 Å². The Morgan fingerprint density at radius 1 is 1.05 bits per heavy atom. The Hall–Kier alpha value is -4.15. The van der Waals surface area contributed by atoms with Crippen molar-refractivity contribution >= 4 is 41.5 Å². The third-order valence-electron chi connectivity index (χ3n) is 5.02. The van der Waals surface area contributed by atoms with Crippen LogP contribution in [0.15, 0.2) is 83.1 Å². The summed E-state index contributed by atoms with van der Waals surface area (Å²) in [6.45, 7) is 1.85. The second-order valence-corrected chi connectivity index (χ2v) is 8.97. The van der Waals surface area contributed by atoms with E-state index in [0.29, 0.717) is 27.1 Å². The van der Waals surface area contributed by atoms with Crippen LogP contribution in [0.3, 0.4) is 0 Å². The molecule has 9 nitrogen and oxygen atoms in total. The predicted molar refractivity (Wildman–Crippen MR) is 142 cm³/mol. The third-order valence-corrected chi connectivity index (χ3v) is 6.20. The molecular weight excluding hydrogens is 514 g/mol. The highest BCUT2D eigenvalue weighted by Gasteiger charge is 2.14. The number of benzene rings is 3. The molecule has 4 rings (SSSR count). The Labute approximate surface area is 222 Å². The van der Waals surface area contributed by atoms with Crippen molar-refractivity contribution in [3.05, 3.63) is 94.8 Å². The zero-order chi connectivity index (χ0) is 26.2. The number of rotatable bonds is 9. The van der Waals surface area contributed by atoms with Gasteiger partial charge in [0.25, 0.3) is 5.91 Å². The topological polar surface area (TPSA) is 108 Å². The zero-order valence-electron chi connectivity index (χ0n) is 19.9. The highest BCUT2D eigenvalue weighted by Crippen LogP contribution is 2.28. The highest BCUT2D eigenvalue weighted by molar-refractivity contribution is 7.99. The molecule has 0 fully saturated rings. The van der Waals surface area contributed by atoms with Gasteiger partial charge in [0.2, 0.25) is 0 Å². The van der Waals surface area contributed by atoms with Gasteiger partial charge < -0.3 is 9.47 Å². The van der Waals surface area contributed by atoms with Gasteiger partial charge in [-0.15, -0.1) is 10.2 Å². The van der Waals surface area contributed by atoms with Gasteiger partial charge in [0, 0.05) is 10.7 Å². The summed E-state index contributed by atoms with van der Waals surface area (Å²) in [7, 11) is 1.46. The molecule has 0 saturated heterocycles. The molecule has 0 aliphatic rings. The van der Waals surface area contributed by atoms with Gasteiger partial charge in [0.1, 0.15) is 5.82 Å². The van der Waals surface area contributed by atoms with Gasteiger partial charge in [-0.25, -0.2) is 10.2 Å². The number of aryl methyl sites for hydroxylation is 1. The Bertz CT molecular complexity index is 1420. The first-order valence-electron chi connectivity index (χ1n) is 11.0. The molecule has 1 N–H and O–H groups in total. The SMILES string of the molecule is COc1cc(/C=N/NC(=O)CSc2nnc(C)n2-c2ccccc2)ccc1OC(=O)c1ccc(Cl)cc1. The molecule has 1 heterocycles. The highest BCUT2D eigenvalue weighted by atomic mass is 35.5. The smallest absolute Gasteiger partial charge is 0.343 e. The van der Waals surface area contributed by atoms with Crippen LogP contribution in [0, 0.1) is 6.92 Å². The van der Waals surface area contributed by atoms with Crippen LogP contribution < -0.4 is 14.9 Å². The number of aromatic nitrogens is 3. The Kier molecular flexibility index (Phi) is 8.55. The average Bonchev–Trinajstić information content (AvgIpc) is 3.29. The van der Waals surface area contributed by atoms with Crippen molar-refractivity contribution in [1.29, 1.82) is 0 Å². The van der Waals surface area contributed by atoms with Crippen LogP contribution in [0.5, 0.6) is 11.5 Å². The number of hydrazone groups is 1. The summed E-state index contributed by atoms with van der Waals surface area (Å²) >= 11 is 7.12. The molecule has 3 aromatic carbocycles. The van der Waals surface area contributed by atoms with Gasteiger partial charge in [-0.05, 0) is 67.1 Å². The van der Waals surface area contributed by atoms with Crippen molar-refractivity contribution in [3.8, 4) is 17.2 Å². The van der Waals surface area contributed by atoms with E-state index in [4.69, 9.17) is 21.1 Å². The number of hydrogen-bond donors (Lipinski definition) is 1. The molecule has 0 saturated carbocycles. The van der Waals surface area contributed by atoms with E-state index in [9.17, 15) is 9.59 Å². The Balaban J connectivity index is 1.33. The second-order valence-electron chi connectivity index (χ2n) is 7.59. The number of nitrogens with one attached hydrogen (secondary N) is 1. The molecule has 0 atom stereocenters. The maximum absolute atomic E-state index is 12.4. The molecule has 188 valence electrons. The van der Waals surface area contributed by atoms with E-state index in [-0.39, 0.29) is 17.4 Å². The largest absolute Gasteiger partial charge is 0.493 e. The van der Waals surface area contributed by atoms with Crippen LogP contribution in [0.1, 0.15) is 21.7 Å². The number of hydrogen-bond acceptors (Lipinski definition) is 8. The number of amides is 1. The number of carbonyl (C=O) groups excluding carboxylic acids is 2. The van der Waals surface area contributed by atoms with Crippen molar-refractivity contribution in [2.24, 2.45) is 5.10 Å². The standard InChI is InChI=1S/C26H22ClN5O4S/c1-17-29-31-26(32(17)21-6-4-3-5-7-21)37-16-24(33)30-28-15-18-8-13-22(23(14-18)35-2)36-25(34)19-9-11-20(27)12-10-19/h3-15H,16H2,1-2H3,(H,30,33)/b28-15+. The lowest BCUT2D eigenvalue weighted by Gasteiger charge is -2.10. The quantitative estimate of drug-likeness (QED) is 0.109. The normalized spacial score (nSPS) is 10.9. The lowest BCUT2D eigenvalue weighted by molar-refractivity contribution is -0.118. The summed E-state index contributed by atoms with van der Waals surface area (Å²) in [6.07, 6.45) is 1.46. The molecule has 0 aliphatic heterocycles. The minimum atomic E-state index is -0.542. The number of halogens is 1. The molecule has 0 radical (unpaired) electrons. The summed E-state index contributed by atoms with van der Waals surface area (Å²) in [6, 6.07) is 21.0. The van der Waals surface area contributed by atoms with Crippen LogP contribution in [0.2, 0.25) is 5.02 Å². The fourth-order valence-electron chi connectivity index (χ4n) is 3.25. The average molecular weight is 536 g/mol. The van der Waals surface area contributed by atoms with Crippen LogP contribution in [-0.2, 0) is 4.79 Å². The Morgan fingerprint density at radius 3 is 2.54 bits per heavy atom. The first-order chi connectivity index (χ1) is 17.9. The van der Waals surface area contributed by atoms with Crippen LogP contribution in [0.4, 0.5) is 0 Å². The molecule has 0 aliphatic carbocycles. The van der Waals surface area contributed by atoms with E-state index in [2.05, 4.69) is 20.7 Å². The van der Waals surface area contributed by atoms with Crippen molar-refractivity contribution in [2.75, 3.05) is 12.9 Å². The van der Waals surface area contributed by atoms with Crippen molar-refractivity contribution in [1.82, 2.24) is 20.2 Å². The van der Waals surface area contributed by atoms with Crippen LogP contribution >= 0.6 is 23.4 Å². The number of para-hydroxylation sites is 1. The van der Waals surface area contributed by atoms with Gasteiger partial charge in [-0.1, -0.05) is 41.6 Å². The van der Waals surface area contributed by atoms with E-state index in [1.165, 1.54) is 25.1 Å². The molecular formula is C26H22ClN5O4S. The first kappa shape index (κ1) is 25.9. The third kappa shape index (κ3) is 6.75. The van der Waals surface area contributed by atoms with Gasteiger partial charge in [-0.2, -0.15) is 5.10 Å². The zero-order valence-corrected chi connectivity index (χ0v) is 21.5. The maximum atomic E-state index is 12.4. The van der Waals surface area contributed by atoms with Crippen molar-refractivity contribution < 1.29 is 19.1 Å². The molecule has 0 bridgehead atoms. The Morgan fingerprint density at radius 2 is 1.81 bits per heavy atom. The van der Waals surface area contributed by atoms with E-state index >= 15 is 0 Å². The predicted octanol–water partition coefficient (Wildman–Crippen LogP) is 4.70. The van der Waals surface area contributed by atoms with Crippen molar-refractivity contribution in [2.45, 2.75) is 12.1 Å². The lowest BCUT2D eigenvalue weighted by atomic mass is 10.2. The summed E-state index contributed by atoms with van der Waals surface area (Å²) < 4.78 is 12.7. The minimum absolute atomic E-state index is 0.102. The summed E-state index contributed by atoms with van der Waals surface area (Å²) in [5, 5.41) is 13.4. The molecule has 0 unspecified atom stereocenters. The first-order valence-corrected chi connectivity index (χ1v) is 12.4. The number of methoxy groups -OCH3 is 1. The van der Waals surface area contributed by atoms with Gasteiger partial charge >= 0.3 is 5.97 Å². The fourth-order valence-corrected chi connectivity index (χ4v) is 4.16. The minimum Gasteiger partial charge on any atom is -0.493 e. The number of thioether (sulfide) groups is 1. The summed E-state index contributed by atoms with van der Waals surface area (Å²) in [5.41, 5.74) is 4.40. The van der Waals surface area contributed by atoms with Gasteiger partial charge in [0.15, 0.2) is 16.7 Å². The molecule has 37 heavy (non-hydrogen) atoms. The number of nitrogens with zero attached hydrogens (tertiary/aromatic N) is 4. The number of carbonyl (C=O) groups is 2. The molecule has 11 heteroatoms. The second kappa shape index (κ2) is 12.2. The number of esters is 1. The van der Waals surface area contributed by atoms with E-state index in [1.54, 1.807) is 42.5 Å². The summed E-state index contributed by atoms with van der Waals surface area (Å²) in [4.78, 5) is 24.7. The lowest BCUT2D eigenvalue weighted by Crippen LogP contribution is -2.20. The van der Waals surface area contributed by atoms with Gasteiger partial charge in [0.05, 0.1) is 24.6 Å².